The second kappa shape index (κ2) is 15.3. The number of nitrogens with zero attached hydrogens (tertiary/aromatic N) is 3. The zero-order valence-electron chi connectivity index (χ0n) is 29.5. The van der Waals surface area contributed by atoms with Crippen molar-refractivity contribution in [3.63, 3.8) is 0 Å². The molecule has 260 valence electrons. The van der Waals surface area contributed by atoms with Gasteiger partial charge in [-0.3, -0.25) is 19.4 Å². The summed E-state index contributed by atoms with van der Waals surface area (Å²) in [6, 6.07) is 11.5. The second-order valence-electron chi connectivity index (χ2n) is 13.5. The van der Waals surface area contributed by atoms with Gasteiger partial charge in [0.2, 0.25) is 5.91 Å². The molecule has 3 aromatic rings. The maximum atomic E-state index is 14.2. The number of unbranched alkanes of at least 4 members (excludes halogenated alkanes) is 2. The molecule has 0 N–H and O–H groups in total. The fourth-order valence-corrected chi connectivity index (χ4v) is 7.31. The summed E-state index contributed by atoms with van der Waals surface area (Å²) >= 11 is 0. The van der Waals surface area contributed by atoms with Crippen LogP contribution in [0.1, 0.15) is 63.1 Å². The molecule has 49 heavy (non-hydrogen) atoms. The van der Waals surface area contributed by atoms with Crippen LogP contribution < -0.4 is 9.47 Å². The number of carbonyl (C=O) groups is 3. The highest BCUT2D eigenvalue weighted by molar-refractivity contribution is 5.95. The number of ketones is 1. The van der Waals surface area contributed by atoms with E-state index in [4.69, 9.17) is 24.2 Å². The Bertz CT molecular complexity index is 1740. The molecule has 0 bridgehead atoms. The molecule has 0 spiro atoms. The molecule has 2 aliphatic carbocycles. The molecule has 2 fully saturated rings. The fourth-order valence-electron chi connectivity index (χ4n) is 7.31. The van der Waals surface area contributed by atoms with Gasteiger partial charge in [-0.25, -0.2) is 4.98 Å². The van der Waals surface area contributed by atoms with Gasteiger partial charge in [-0.05, 0) is 89.5 Å². The first kappa shape index (κ1) is 35.8. The highest BCUT2D eigenvalue weighted by Crippen LogP contribution is 2.58. The van der Waals surface area contributed by atoms with E-state index in [1.54, 1.807) is 32.1 Å². The number of carbonyl (C=O) groups excluding carboxylic acids is 3. The zero-order valence-corrected chi connectivity index (χ0v) is 29.5. The van der Waals surface area contributed by atoms with Crippen molar-refractivity contribution in [2.45, 2.75) is 71.8 Å². The number of hydrogen-bond donors (Lipinski definition) is 0. The van der Waals surface area contributed by atoms with Crippen LogP contribution >= 0.6 is 0 Å². The summed E-state index contributed by atoms with van der Waals surface area (Å²) in [5.41, 5.74) is 2.92. The highest BCUT2D eigenvalue weighted by Gasteiger charge is 2.61. The number of fused-ring (bicyclic) bond motifs is 1. The van der Waals surface area contributed by atoms with E-state index in [9.17, 15) is 14.4 Å². The van der Waals surface area contributed by atoms with Gasteiger partial charge in [0.15, 0.2) is 0 Å². The number of pyridine rings is 2. The molecule has 0 unspecified atom stereocenters. The lowest BCUT2D eigenvalue weighted by atomic mass is 9.84. The summed E-state index contributed by atoms with van der Waals surface area (Å²) in [7, 11) is 3.43. The van der Waals surface area contributed by atoms with Gasteiger partial charge in [-0.15, -0.1) is 13.2 Å². The molecule has 2 aromatic heterocycles. The van der Waals surface area contributed by atoms with Crippen molar-refractivity contribution in [1.82, 2.24) is 14.9 Å². The van der Waals surface area contributed by atoms with Crippen LogP contribution in [0.5, 0.6) is 11.5 Å². The van der Waals surface area contributed by atoms with Crippen molar-refractivity contribution in [2.75, 3.05) is 27.3 Å². The summed E-state index contributed by atoms with van der Waals surface area (Å²) < 4.78 is 17.8. The van der Waals surface area contributed by atoms with Crippen molar-refractivity contribution in [2.24, 2.45) is 23.2 Å². The maximum Gasteiger partial charge on any atom is 0.313 e. The minimum absolute atomic E-state index is 0.0209. The summed E-state index contributed by atoms with van der Waals surface area (Å²) in [5.74, 6) is -0.528. The number of aromatic nitrogens is 2. The highest BCUT2D eigenvalue weighted by atomic mass is 16.5. The van der Waals surface area contributed by atoms with E-state index in [2.05, 4.69) is 13.2 Å². The van der Waals surface area contributed by atoms with Gasteiger partial charge in [0.05, 0.1) is 42.0 Å². The van der Waals surface area contributed by atoms with Crippen molar-refractivity contribution in [3.8, 4) is 22.9 Å². The lowest BCUT2D eigenvalue weighted by Crippen LogP contribution is -2.38. The number of rotatable bonds is 16. The Labute approximate surface area is 289 Å². The third kappa shape index (κ3) is 7.56. The van der Waals surface area contributed by atoms with Crippen molar-refractivity contribution in [1.29, 1.82) is 0 Å². The monoisotopic (exact) mass is 667 g/mol. The van der Waals surface area contributed by atoms with Crippen LogP contribution in [0.15, 0.2) is 61.7 Å². The van der Waals surface area contributed by atoms with Crippen LogP contribution in [0.25, 0.3) is 22.3 Å². The van der Waals surface area contributed by atoms with Crippen LogP contribution in [0, 0.1) is 37.0 Å². The Kier molecular flexibility index (Phi) is 11.2. The average molecular weight is 668 g/mol. The third-order valence-electron chi connectivity index (χ3n) is 10.2. The smallest absolute Gasteiger partial charge is 0.313 e. The molecule has 2 saturated carbocycles. The molecule has 5 atom stereocenters. The minimum Gasteiger partial charge on any atom is -0.496 e. The van der Waals surface area contributed by atoms with Crippen molar-refractivity contribution < 1.29 is 28.6 Å². The summed E-state index contributed by atoms with van der Waals surface area (Å²) in [6.45, 7) is 14.2. The molecule has 2 heterocycles. The number of allylic oxidation sites excluding steroid dienone is 2. The van der Waals surface area contributed by atoms with Gasteiger partial charge in [0, 0.05) is 48.6 Å². The van der Waals surface area contributed by atoms with Gasteiger partial charge in [0.1, 0.15) is 23.4 Å². The average Bonchev–Trinajstić information content (AvgIpc) is 3.65. The number of esters is 1. The Morgan fingerprint density at radius 1 is 1.02 bits per heavy atom. The van der Waals surface area contributed by atoms with Gasteiger partial charge in [-0.1, -0.05) is 18.2 Å². The normalized spacial score (nSPS) is 22.7. The molecule has 0 saturated heterocycles. The molecule has 1 amide bonds. The van der Waals surface area contributed by atoms with Gasteiger partial charge < -0.3 is 19.1 Å². The predicted octanol–water partition coefficient (Wildman–Crippen LogP) is 7.23. The molecular formula is C40H49N3O6. The largest absolute Gasteiger partial charge is 0.496 e. The van der Waals surface area contributed by atoms with E-state index in [1.807, 2.05) is 56.3 Å². The van der Waals surface area contributed by atoms with Crippen LogP contribution in [0.2, 0.25) is 0 Å². The molecule has 9 heteroatoms. The first-order valence-corrected chi connectivity index (χ1v) is 17.3. The lowest BCUT2D eigenvalue weighted by molar-refractivity contribution is -0.152. The van der Waals surface area contributed by atoms with Crippen LogP contribution in [-0.2, 0) is 19.1 Å². The van der Waals surface area contributed by atoms with E-state index in [1.165, 1.54) is 0 Å². The third-order valence-corrected chi connectivity index (χ3v) is 10.2. The molecule has 2 aliphatic rings. The van der Waals surface area contributed by atoms with Crippen molar-refractivity contribution in [3.05, 3.63) is 73.0 Å². The molecule has 0 radical (unpaired) electrons. The van der Waals surface area contributed by atoms with Gasteiger partial charge in [0.25, 0.3) is 0 Å². The lowest BCUT2D eigenvalue weighted by Gasteiger charge is -2.25. The van der Waals surface area contributed by atoms with Gasteiger partial charge >= 0.3 is 5.97 Å². The number of amides is 1. The first-order valence-electron chi connectivity index (χ1n) is 17.3. The van der Waals surface area contributed by atoms with Crippen LogP contribution in [0.4, 0.5) is 0 Å². The Morgan fingerprint density at radius 2 is 1.80 bits per heavy atom. The number of Topliss-reactive ketones (excluding diaryl/α,β-unsaturated/α-hetero) is 1. The quantitative estimate of drug-likeness (QED) is 0.0895. The molecule has 0 aliphatic heterocycles. The minimum atomic E-state index is -0.911. The van der Waals surface area contributed by atoms with Crippen LogP contribution in [-0.4, -0.2) is 65.9 Å². The molecule has 9 nitrogen and oxygen atoms in total. The maximum absolute atomic E-state index is 14.2. The van der Waals surface area contributed by atoms with E-state index in [0.29, 0.717) is 48.7 Å². The summed E-state index contributed by atoms with van der Waals surface area (Å²) in [5, 5.41) is 0.805. The van der Waals surface area contributed by atoms with Gasteiger partial charge in [-0.2, -0.15) is 0 Å². The number of benzene rings is 1. The number of hydrogen-bond acceptors (Lipinski definition) is 8. The second-order valence-corrected chi connectivity index (χ2v) is 13.5. The van der Waals surface area contributed by atoms with E-state index in [0.717, 1.165) is 41.4 Å². The zero-order chi connectivity index (χ0) is 35.3. The first-order chi connectivity index (χ1) is 23.6. The topological polar surface area (TPSA) is 108 Å². The summed E-state index contributed by atoms with van der Waals surface area (Å²) in [4.78, 5) is 52.7. The van der Waals surface area contributed by atoms with Crippen LogP contribution in [0.3, 0.4) is 0 Å². The van der Waals surface area contributed by atoms with E-state index < -0.39 is 23.4 Å². The Hall–Kier alpha value is -4.53. The molecular weight excluding hydrogens is 618 g/mol. The fraction of sp³-hybridized carbons (Fsp3) is 0.475. The number of ether oxygens (including phenoxy) is 3. The Balaban J connectivity index is 1.48. The standard InChI is InChI=1S/C40H49N3O6/c1-8-11-12-13-19-43(6)38(45)31-21-28(20-30(31)34(44)24-40(23-27(40)9-2)39(46)48-10-3)49-36-22-33(32-16-14-15-25(4)41-32)42-37-26(5)35(47-7)18-17-29(36)37/h8-9,14-18,22,27-28,30-31H,1-2,10-13,19-21,23-24H2,3-7H3/t27-,28-,30-,31-,40-/m1/s1. The Morgan fingerprint density at radius 3 is 2.47 bits per heavy atom. The summed E-state index contributed by atoms with van der Waals surface area (Å²) in [6.07, 6.45) is 7.13. The predicted molar refractivity (Wildman–Crippen MR) is 190 cm³/mol. The number of methoxy groups -OCH3 is 1. The van der Waals surface area contributed by atoms with Crippen molar-refractivity contribution >= 4 is 28.6 Å². The van der Waals surface area contributed by atoms with E-state index >= 15 is 0 Å². The molecule has 5 rings (SSSR count). The SMILES string of the molecule is C=CCCCCN(C)C(=O)[C@@H]1C[C@H](Oc2cc(-c3cccc(C)n3)nc3c(C)c(OC)ccc23)C[C@H]1C(=O)C[C@]1(C(=O)OCC)C[C@H]1C=C. The molecule has 1 aromatic carbocycles. The number of aryl methyl sites for hydroxylation is 2. The van der Waals surface area contributed by atoms with E-state index in [-0.39, 0.29) is 36.6 Å².